The Balaban J connectivity index is 3.29. The molecule has 0 fully saturated rings. The Morgan fingerprint density at radius 2 is 1.80 bits per heavy atom. The average molecular weight is 270 g/mol. The van der Waals surface area contributed by atoms with Crippen molar-refractivity contribution < 1.29 is 4.74 Å². The Bertz CT molecular complexity index is 554. The number of aryl methyl sites for hydroxylation is 1. The van der Waals surface area contributed by atoms with Crippen LogP contribution in [0.4, 0.5) is 0 Å². The highest BCUT2D eigenvalue weighted by molar-refractivity contribution is 5.83. The fourth-order valence-electron chi connectivity index (χ4n) is 2.21. The summed E-state index contributed by atoms with van der Waals surface area (Å²) in [7, 11) is 0. The molecule has 0 aliphatic carbocycles. The predicted octanol–water partition coefficient (Wildman–Crippen LogP) is 5.71. The van der Waals surface area contributed by atoms with Gasteiger partial charge in [-0.1, -0.05) is 30.9 Å². The molecule has 0 N–H and O–H groups in total. The molecule has 0 heterocycles. The van der Waals surface area contributed by atoms with E-state index in [-0.39, 0.29) is 5.60 Å². The third-order valence-electron chi connectivity index (χ3n) is 3.02. The van der Waals surface area contributed by atoms with Crippen molar-refractivity contribution in [1.29, 1.82) is 0 Å². The van der Waals surface area contributed by atoms with Gasteiger partial charge in [-0.05, 0) is 75.9 Å². The first kappa shape index (κ1) is 16.3. The van der Waals surface area contributed by atoms with Gasteiger partial charge in [0.2, 0.25) is 0 Å². The summed E-state index contributed by atoms with van der Waals surface area (Å²) in [6, 6.07) is 6.21. The molecule has 0 aromatic heterocycles. The second kappa shape index (κ2) is 6.13. The highest BCUT2D eigenvalue weighted by Gasteiger charge is 2.14. The Hall–Kier alpha value is -1.76. The predicted molar refractivity (Wildman–Crippen MR) is 89.2 cm³/mol. The molecule has 1 nitrogen and oxygen atoms in total. The topological polar surface area (TPSA) is 9.23 Å². The summed E-state index contributed by atoms with van der Waals surface area (Å²) >= 11 is 0. The third-order valence-corrected chi connectivity index (χ3v) is 3.02. The summed E-state index contributed by atoms with van der Waals surface area (Å²) in [6.07, 6.45) is 1.88. The molecular weight excluding hydrogens is 244 g/mol. The van der Waals surface area contributed by atoms with Gasteiger partial charge in [0.15, 0.2) is 0 Å². The highest BCUT2D eigenvalue weighted by atomic mass is 16.5. The molecule has 0 saturated carbocycles. The van der Waals surface area contributed by atoms with Crippen LogP contribution in [-0.4, -0.2) is 5.60 Å². The minimum absolute atomic E-state index is 0.183. The maximum absolute atomic E-state index is 5.91. The van der Waals surface area contributed by atoms with Crippen molar-refractivity contribution in [3.63, 3.8) is 0 Å². The molecule has 0 saturated heterocycles. The van der Waals surface area contributed by atoms with Crippen molar-refractivity contribution in [1.82, 2.24) is 0 Å². The maximum atomic E-state index is 5.91. The summed E-state index contributed by atoms with van der Waals surface area (Å²) in [4.78, 5) is 0. The van der Waals surface area contributed by atoms with E-state index in [0.717, 1.165) is 16.9 Å². The van der Waals surface area contributed by atoms with Crippen molar-refractivity contribution in [3.05, 3.63) is 59.7 Å². The van der Waals surface area contributed by atoms with Crippen LogP contribution in [0, 0.1) is 6.92 Å². The molecule has 0 spiro atoms. The van der Waals surface area contributed by atoms with E-state index in [2.05, 4.69) is 59.9 Å². The van der Waals surface area contributed by atoms with Crippen molar-refractivity contribution in [2.24, 2.45) is 0 Å². The Kier molecular flexibility index (Phi) is 4.99. The van der Waals surface area contributed by atoms with Gasteiger partial charge in [0.25, 0.3) is 0 Å². The Labute approximate surface area is 123 Å². The van der Waals surface area contributed by atoms with Gasteiger partial charge in [-0.15, -0.1) is 0 Å². The zero-order chi connectivity index (χ0) is 15.5. The Morgan fingerprint density at radius 3 is 2.20 bits per heavy atom. The molecule has 0 atom stereocenters. The zero-order valence-electron chi connectivity index (χ0n) is 13.6. The van der Waals surface area contributed by atoms with Crippen LogP contribution in [0.1, 0.15) is 45.7 Å². The van der Waals surface area contributed by atoms with Gasteiger partial charge < -0.3 is 4.74 Å². The van der Waals surface area contributed by atoms with E-state index in [0.29, 0.717) is 0 Å². The van der Waals surface area contributed by atoms with Gasteiger partial charge >= 0.3 is 0 Å². The second-order valence-corrected chi connectivity index (χ2v) is 6.23. The molecule has 108 valence electrons. The number of hydrogen-bond acceptors (Lipinski definition) is 1. The van der Waals surface area contributed by atoms with Crippen LogP contribution in [0.3, 0.4) is 0 Å². The fraction of sp³-hybridized carbons (Fsp3) is 0.368. The smallest absolute Gasteiger partial charge is 0.120 e. The molecular formula is C19H26O. The molecule has 0 radical (unpaired) electrons. The number of benzene rings is 1. The van der Waals surface area contributed by atoms with Gasteiger partial charge in [-0.3, -0.25) is 0 Å². The maximum Gasteiger partial charge on any atom is 0.120 e. The standard InChI is InChI=1S/C19H26O/c1-9-14(4)18(13(2)3)17-11-10-16(12-15(17)5)20-19(6,7)8/h9-12H,1-2H2,3-8H3/b18-14+. The second-order valence-electron chi connectivity index (χ2n) is 6.23. The first-order valence-corrected chi connectivity index (χ1v) is 6.95. The van der Waals surface area contributed by atoms with Crippen LogP contribution in [0.2, 0.25) is 0 Å². The van der Waals surface area contributed by atoms with E-state index in [1.807, 2.05) is 19.1 Å². The van der Waals surface area contributed by atoms with Crippen molar-refractivity contribution in [3.8, 4) is 5.75 Å². The SMILES string of the molecule is C=C/C(C)=C(\C(=C)C)c1ccc(OC(C)(C)C)cc1C. The summed E-state index contributed by atoms with van der Waals surface area (Å²) < 4.78 is 5.91. The zero-order valence-corrected chi connectivity index (χ0v) is 13.6. The lowest BCUT2D eigenvalue weighted by Gasteiger charge is -2.22. The summed E-state index contributed by atoms with van der Waals surface area (Å²) in [5.41, 5.74) is 5.56. The van der Waals surface area contributed by atoms with Crippen LogP contribution >= 0.6 is 0 Å². The number of allylic oxidation sites excluding steroid dienone is 4. The molecule has 0 aliphatic heterocycles. The normalized spacial score (nSPS) is 12.7. The van der Waals surface area contributed by atoms with Crippen LogP contribution < -0.4 is 4.74 Å². The van der Waals surface area contributed by atoms with Gasteiger partial charge in [0.05, 0.1) is 0 Å². The molecule has 0 bridgehead atoms. The van der Waals surface area contributed by atoms with E-state index in [9.17, 15) is 0 Å². The summed E-state index contributed by atoms with van der Waals surface area (Å²) in [6.45, 7) is 20.3. The molecule has 1 rings (SSSR count). The summed E-state index contributed by atoms with van der Waals surface area (Å²) in [5, 5.41) is 0. The largest absolute Gasteiger partial charge is 0.488 e. The molecule has 20 heavy (non-hydrogen) atoms. The molecule has 1 aromatic carbocycles. The quantitative estimate of drug-likeness (QED) is 0.637. The van der Waals surface area contributed by atoms with Crippen LogP contribution in [-0.2, 0) is 0 Å². The van der Waals surface area contributed by atoms with Gasteiger partial charge in [-0.2, -0.15) is 0 Å². The lowest BCUT2D eigenvalue weighted by atomic mass is 9.92. The van der Waals surface area contributed by atoms with E-state index >= 15 is 0 Å². The van der Waals surface area contributed by atoms with Crippen molar-refractivity contribution in [2.75, 3.05) is 0 Å². The molecule has 1 aromatic rings. The number of hydrogen-bond donors (Lipinski definition) is 0. The number of rotatable bonds is 4. The molecule has 0 aliphatic rings. The van der Waals surface area contributed by atoms with Gasteiger partial charge in [0.1, 0.15) is 11.4 Å². The van der Waals surface area contributed by atoms with E-state index < -0.39 is 0 Å². The molecule has 0 amide bonds. The highest BCUT2D eigenvalue weighted by Crippen LogP contribution is 2.31. The van der Waals surface area contributed by atoms with Crippen molar-refractivity contribution >= 4 is 5.57 Å². The van der Waals surface area contributed by atoms with Gasteiger partial charge in [-0.25, -0.2) is 0 Å². The first-order valence-electron chi connectivity index (χ1n) is 6.95. The minimum Gasteiger partial charge on any atom is -0.488 e. The lowest BCUT2D eigenvalue weighted by Crippen LogP contribution is -2.23. The van der Waals surface area contributed by atoms with Crippen molar-refractivity contribution in [2.45, 2.75) is 47.1 Å². The lowest BCUT2D eigenvalue weighted by molar-refractivity contribution is 0.131. The van der Waals surface area contributed by atoms with Crippen LogP contribution in [0.5, 0.6) is 5.75 Å². The number of ether oxygens (including phenoxy) is 1. The average Bonchev–Trinajstić information content (AvgIpc) is 2.29. The van der Waals surface area contributed by atoms with E-state index in [1.54, 1.807) is 0 Å². The monoisotopic (exact) mass is 270 g/mol. The Morgan fingerprint density at radius 1 is 1.20 bits per heavy atom. The fourth-order valence-corrected chi connectivity index (χ4v) is 2.21. The molecule has 1 heteroatoms. The van der Waals surface area contributed by atoms with E-state index in [1.165, 1.54) is 16.7 Å². The van der Waals surface area contributed by atoms with Crippen LogP contribution in [0.25, 0.3) is 5.57 Å². The minimum atomic E-state index is -0.183. The van der Waals surface area contributed by atoms with Crippen LogP contribution in [0.15, 0.2) is 48.6 Å². The van der Waals surface area contributed by atoms with E-state index in [4.69, 9.17) is 4.74 Å². The van der Waals surface area contributed by atoms with Gasteiger partial charge in [0, 0.05) is 0 Å². The molecule has 0 unspecified atom stereocenters. The first-order chi connectivity index (χ1) is 9.15. The third kappa shape index (κ3) is 4.12. The summed E-state index contributed by atoms with van der Waals surface area (Å²) in [5.74, 6) is 0.899.